The second kappa shape index (κ2) is 5.45. The lowest BCUT2D eigenvalue weighted by molar-refractivity contribution is 0.296. The number of hydrogen-bond donors (Lipinski definition) is 1. The first-order chi connectivity index (χ1) is 7.22. The van der Waals surface area contributed by atoms with Gasteiger partial charge in [0.1, 0.15) is 5.76 Å². The van der Waals surface area contributed by atoms with E-state index < -0.39 is 0 Å². The number of halogens is 1. The quantitative estimate of drug-likeness (QED) is 0.784. The second-order valence-corrected chi connectivity index (χ2v) is 4.11. The maximum absolute atomic E-state index is 6.20. The largest absolute Gasteiger partial charge is 0.495 e. The van der Waals surface area contributed by atoms with Crippen molar-refractivity contribution in [3.8, 4) is 0 Å². The van der Waals surface area contributed by atoms with E-state index in [4.69, 9.17) is 16.3 Å². The van der Waals surface area contributed by atoms with Crippen LogP contribution in [0.5, 0.6) is 0 Å². The first-order valence-corrected chi connectivity index (χ1v) is 5.98. The molecule has 2 rings (SSSR count). The number of rotatable bonds is 2. The molecule has 0 aromatic carbocycles. The van der Waals surface area contributed by atoms with Crippen molar-refractivity contribution in [3.63, 3.8) is 0 Å². The summed E-state index contributed by atoms with van der Waals surface area (Å²) in [6.45, 7) is 6.04. The molecule has 0 spiro atoms. The number of dihydropyridines is 1. The first-order valence-electron chi connectivity index (χ1n) is 5.61. The van der Waals surface area contributed by atoms with Gasteiger partial charge in [0.25, 0.3) is 0 Å². The third-order valence-electron chi connectivity index (χ3n) is 2.55. The van der Waals surface area contributed by atoms with Gasteiger partial charge < -0.3 is 10.1 Å². The lowest BCUT2D eigenvalue weighted by Gasteiger charge is -2.25. The fourth-order valence-corrected chi connectivity index (χ4v) is 2.04. The minimum absolute atomic E-state index is 0.293. The van der Waals surface area contributed by atoms with Gasteiger partial charge in [0, 0.05) is 11.8 Å². The van der Waals surface area contributed by atoms with E-state index in [9.17, 15) is 0 Å². The molecule has 0 aromatic heterocycles. The maximum atomic E-state index is 6.20. The maximum Gasteiger partial charge on any atom is 0.137 e. The number of hydrogen-bond acceptors (Lipinski definition) is 2. The van der Waals surface area contributed by atoms with Gasteiger partial charge in [-0.25, -0.2) is 0 Å². The summed E-state index contributed by atoms with van der Waals surface area (Å²) >= 11 is 6.20. The summed E-state index contributed by atoms with van der Waals surface area (Å²) in [4.78, 5) is 0. The molecular weight excluding hydrogens is 210 g/mol. The third kappa shape index (κ3) is 2.91. The van der Waals surface area contributed by atoms with E-state index in [-0.39, 0.29) is 0 Å². The highest BCUT2D eigenvalue weighted by atomic mass is 35.5. The molecule has 1 heterocycles. The summed E-state index contributed by atoms with van der Waals surface area (Å²) in [5, 5.41) is 4.21. The highest BCUT2D eigenvalue weighted by molar-refractivity contribution is 6.30. The Kier molecular flexibility index (Phi) is 4.52. The van der Waals surface area contributed by atoms with Crippen LogP contribution in [0.3, 0.4) is 0 Å². The molecule has 0 saturated heterocycles. The molecule has 1 aliphatic carbocycles. The van der Waals surface area contributed by atoms with Crippen LogP contribution in [0.1, 0.15) is 33.6 Å². The van der Waals surface area contributed by atoms with Gasteiger partial charge >= 0.3 is 0 Å². The van der Waals surface area contributed by atoms with Crippen molar-refractivity contribution in [2.45, 2.75) is 39.7 Å². The molecular formula is C12H20ClNO. The Bertz CT molecular complexity index is 279. The van der Waals surface area contributed by atoms with Crippen molar-refractivity contribution < 1.29 is 4.74 Å². The molecule has 1 N–H and O–H groups in total. The molecule has 2 nitrogen and oxygen atoms in total. The highest BCUT2D eigenvalue weighted by Gasteiger charge is 2.36. The van der Waals surface area contributed by atoms with Gasteiger partial charge in [-0.3, -0.25) is 0 Å². The molecule has 1 unspecified atom stereocenters. The minimum Gasteiger partial charge on any atom is -0.495 e. The fourth-order valence-electron chi connectivity index (χ4n) is 1.68. The Morgan fingerprint density at radius 3 is 2.47 bits per heavy atom. The summed E-state index contributed by atoms with van der Waals surface area (Å²) in [6, 6.07) is 0.293. The van der Waals surface area contributed by atoms with Crippen molar-refractivity contribution in [2.24, 2.45) is 5.92 Å². The Balaban J connectivity index is 0.000000531. The van der Waals surface area contributed by atoms with E-state index in [2.05, 4.69) is 5.32 Å². The zero-order chi connectivity index (χ0) is 11.4. The summed E-state index contributed by atoms with van der Waals surface area (Å²) in [7, 11) is 1.66. The molecule has 0 radical (unpaired) electrons. The van der Waals surface area contributed by atoms with E-state index >= 15 is 0 Å². The average molecular weight is 230 g/mol. The molecule has 1 fully saturated rings. The lowest BCUT2D eigenvalue weighted by Crippen LogP contribution is -2.33. The molecule has 15 heavy (non-hydrogen) atoms. The van der Waals surface area contributed by atoms with E-state index in [0.717, 1.165) is 16.5 Å². The van der Waals surface area contributed by atoms with Gasteiger partial charge in [0.15, 0.2) is 0 Å². The third-order valence-corrected chi connectivity index (χ3v) is 2.97. The molecule has 3 heteroatoms. The number of methoxy groups -OCH3 is 1. The molecule has 0 amide bonds. The Morgan fingerprint density at radius 2 is 2.00 bits per heavy atom. The zero-order valence-electron chi connectivity index (χ0n) is 9.93. The summed E-state index contributed by atoms with van der Waals surface area (Å²) in [6.07, 6.45) is 4.50. The topological polar surface area (TPSA) is 21.3 Å². The molecule has 86 valence electrons. The minimum atomic E-state index is 0.293. The van der Waals surface area contributed by atoms with Crippen molar-refractivity contribution in [1.82, 2.24) is 5.32 Å². The molecule has 0 aromatic rings. The van der Waals surface area contributed by atoms with Crippen LogP contribution < -0.4 is 5.32 Å². The van der Waals surface area contributed by atoms with Crippen LogP contribution in [0.25, 0.3) is 0 Å². The van der Waals surface area contributed by atoms with E-state index in [1.54, 1.807) is 7.11 Å². The summed E-state index contributed by atoms with van der Waals surface area (Å²) in [5.74, 6) is 1.52. The summed E-state index contributed by atoms with van der Waals surface area (Å²) in [5.41, 5.74) is 1.14. The number of nitrogens with one attached hydrogen (secondary N) is 1. The van der Waals surface area contributed by atoms with Gasteiger partial charge in [0.05, 0.1) is 18.2 Å². The molecule has 1 saturated carbocycles. The van der Waals surface area contributed by atoms with Crippen molar-refractivity contribution in [1.29, 1.82) is 0 Å². The van der Waals surface area contributed by atoms with E-state index in [1.807, 2.05) is 26.8 Å². The van der Waals surface area contributed by atoms with Crippen molar-refractivity contribution in [2.75, 3.05) is 7.11 Å². The van der Waals surface area contributed by atoms with Crippen molar-refractivity contribution in [3.05, 3.63) is 22.6 Å². The second-order valence-electron chi connectivity index (χ2n) is 3.70. The highest BCUT2D eigenvalue weighted by Crippen LogP contribution is 2.39. The number of allylic oxidation sites excluding steroid dienone is 2. The molecule has 0 bridgehead atoms. The zero-order valence-corrected chi connectivity index (χ0v) is 10.7. The Morgan fingerprint density at radius 1 is 1.40 bits per heavy atom. The molecule has 2 aliphatic rings. The lowest BCUT2D eigenvalue weighted by atomic mass is 10.1. The monoisotopic (exact) mass is 229 g/mol. The van der Waals surface area contributed by atoms with Crippen LogP contribution in [0.2, 0.25) is 0 Å². The predicted octanol–water partition coefficient (Wildman–Crippen LogP) is 3.40. The van der Waals surface area contributed by atoms with Crippen LogP contribution >= 0.6 is 11.6 Å². The van der Waals surface area contributed by atoms with E-state index in [0.29, 0.717) is 12.0 Å². The van der Waals surface area contributed by atoms with Gasteiger partial charge in [-0.1, -0.05) is 25.4 Å². The van der Waals surface area contributed by atoms with Crippen LogP contribution in [0.15, 0.2) is 22.6 Å². The van der Waals surface area contributed by atoms with Gasteiger partial charge in [-0.2, -0.15) is 0 Å². The Hall–Kier alpha value is -0.630. The van der Waals surface area contributed by atoms with Crippen molar-refractivity contribution >= 4 is 11.6 Å². The molecule has 1 aliphatic heterocycles. The normalized spacial score (nSPS) is 24.9. The average Bonchev–Trinajstić information content (AvgIpc) is 3.07. The van der Waals surface area contributed by atoms with Gasteiger partial charge in [-0.15, -0.1) is 0 Å². The number of ether oxygens (including phenoxy) is 1. The van der Waals surface area contributed by atoms with Gasteiger partial charge in [0.2, 0.25) is 0 Å². The van der Waals surface area contributed by atoms with E-state index in [1.165, 1.54) is 12.8 Å². The first kappa shape index (κ1) is 12.4. The van der Waals surface area contributed by atoms with Crippen LogP contribution in [0.4, 0.5) is 0 Å². The predicted molar refractivity (Wildman–Crippen MR) is 64.6 cm³/mol. The summed E-state index contributed by atoms with van der Waals surface area (Å²) < 4.78 is 5.21. The van der Waals surface area contributed by atoms with Gasteiger partial charge in [-0.05, 0) is 25.7 Å². The van der Waals surface area contributed by atoms with Crippen LogP contribution in [-0.4, -0.2) is 13.2 Å². The SMILES string of the molecule is CC.COC1=C(Cl)C(C2CC2)NC(C)=C1. The Labute approximate surface area is 97.3 Å². The van der Waals surface area contributed by atoms with Crippen LogP contribution in [-0.2, 0) is 4.74 Å². The molecule has 1 atom stereocenters. The van der Waals surface area contributed by atoms with Crippen LogP contribution in [0, 0.1) is 5.92 Å². The fraction of sp³-hybridized carbons (Fsp3) is 0.667. The smallest absolute Gasteiger partial charge is 0.137 e. The standard InChI is InChI=1S/C10H14ClNO.C2H6/c1-6-5-8(13-2)9(11)10(12-6)7-3-4-7;1-2/h5,7,10,12H,3-4H2,1-2H3;1-2H3.